The van der Waals surface area contributed by atoms with Crippen molar-refractivity contribution in [2.75, 3.05) is 0 Å². The maximum absolute atomic E-state index is 10.1. The first-order valence-corrected chi connectivity index (χ1v) is 15.4. The summed E-state index contributed by atoms with van der Waals surface area (Å²) < 4.78 is 0. The van der Waals surface area contributed by atoms with Crippen molar-refractivity contribution in [3.63, 3.8) is 0 Å². The van der Waals surface area contributed by atoms with Gasteiger partial charge in [0.1, 0.15) is 0 Å². The lowest BCUT2D eigenvalue weighted by Gasteiger charge is -2.38. The molecule has 2 nitrogen and oxygen atoms in total. The molecule has 0 radical (unpaired) electrons. The van der Waals surface area contributed by atoms with E-state index >= 15 is 0 Å². The van der Waals surface area contributed by atoms with Crippen molar-refractivity contribution in [1.82, 2.24) is 0 Å². The number of hydrogen-bond donors (Lipinski definition) is 2. The molecule has 0 aliphatic heterocycles. The van der Waals surface area contributed by atoms with Gasteiger partial charge in [-0.2, -0.15) is 0 Å². The molecule has 0 aromatic heterocycles. The van der Waals surface area contributed by atoms with E-state index in [2.05, 4.69) is 154 Å². The highest BCUT2D eigenvalue weighted by Crippen LogP contribution is 2.42. The largest absolute Gasteiger partial charge is 0.393 e. The molecule has 2 heteroatoms. The smallest absolute Gasteiger partial charge is 0.0729 e. The molecule has 0 saturated heterocycles. The molecule has 2 N–H and O–H groups in total. The first-order chi connectivity index (χ1) is 19.6. The third kappa shape index (κ3) is 11.7. The highest BCUT2D eigenvalue weighted by molar-refractivity contribution is 5.38. The van der Waals surface area contributed by atoms with Gasteiger partial charge in [-0.05, 0) is 77.2 Å². The van der Waals surface area contributed by atoms with E-state index in [0.29, 0.717) is 5.92 Å². The minimum atomic E-state index is -0.331. The Morgan fingerprint density at radius 1 is 0.714 bits per heavy atom. The quantitative estimate of drug-likeness (QED) is 0.203. The SMILES string of the molecule is CC1=C[C@H](O)CC(C)(C)[C@@H]1\C=C/C(C)=C/C=C/C(C)=C/C=C/C=C(C)/C=C/C=C(C)/C=C\C1=C(C)C[C@@H](O)CC1(C)C. The van der Waals surface area contributed by atoms with Crippen LogP contribution in [0.25, 0.3) is 0 Å². The van der Waals surface area contributed by atoms with Crippen molar-refractivity contribution < 1.29 is 10.2 Å². The van der Waals surface area contributed by atoms with Gasteiger partial charge in [0.05, 0.1) is 12.2 Å². The molecule has 0 amide bonds. The highest BCUT2D eigenvalue weighted by atomic mass is 16.3. The van der Waals surface area contributed by atoms with E-state index < -0.39 is 0 Å². The zero-order valence-corrected chi connectivity index (χ0v) is 27.9. The Labute approximate surface area is 257 Å². The first kappa shape index (κ1) is 35.3. The van der Waals surface area contributed by atoms with Crippen LogP contribution >= 0.6 is 0 Å². The molecular weight excluding hydrogens is 512 g/mol. The molecule has 0 saturated carbocycles. The van der Waals surface area contributed by atoms with Crippen LogP contribution < -0.4 is 0 Å². The van der Waals surface area contributed by atoms with Gasteiger partial charge >= 0.3 is 0 Å². The summed E-state index contributed by atoms with van der Waals surface area (Å²) >= 11 is 0. The van der Waals surface area contributed by atoms with Crippen LogP contribution in [0.15, 0.2) is 130 Å². The number of allylic oxidation sites excluding steroid dienone is 20. The van der Waals surface area contributed by atoms with E-state index in [4.69, 9.17) is 0 Å². The van der Waals surface area contributed by atoms with Crippen molar-refractivity contribution in [3.05, 3.63) is 130 Å². The molecule has 0 heterocycles. The van der Waals surface area contributed by atoms with Crippen LogP contribution in [0, 0.1) is 16.7 Å². The van der Waals surface area contributed by atoms with Crippen LogP contribution in [0.2, 0.25) is 0 Å². The summed E-state index contributed by atoms with van der Waals surface area (Å²) in [6.07, 6.45) is 33.8. The molecule has 2 aliphatic carbocycles. The maximum atomic E-state index is 10.1. The number of rotatable bonds is 10. The summed E-state index contributed by atoms with van der Waals surface area (Å²) in [5.41, 5.74) is 8.73. The molecule has 228 valence electrons. The molecule has 0 spiro atoms. The lowest BCUT2D eigenvalue weighted by atomic mass is 9.67. The standard InChI is InChI=1S/C40H56O2/c1-29(17-13-19-31(3)21-23-37-33(5)25-35(41)27-39(37,7)8)15-11-12-16-30(2)18-14-20-32(4)22-24-38-34(6)26-36(42)28-40(38,9)10/h11-25,35-37,41-42H,26-28H2,1-10H3/b12-11+,17-13+,18-14+,23-21-,24-22-,29-15+,30-16+,31-19+,32-20+/t35-,36+,37+/m0/s1. The van der Waals surface area contributed by atoms with Gasteiger partial charge in [-0.15, -0.1) is 0 Å². The second-order valence-corrected chi connectivity index (χ2v) is 13.7. The van der Waals surface area contributed by atoms with Crippen molar-refractivity contribution in [2.45, 2.75) is 101 Å². The van der Waals surface area contributed by atoms with Gasteiger partial charge in [0.2, 0.25) is 0 Å². The fraction of sp³-hybridized carbons (Fsp3) is 0.450. The summed E-state index contributed by atoms with van der Waals surface area (Å²) in [7, 11) is 0. The zero-order valence-electron chi connectivity index (χ0n) is 27.9. The summed E-state index contributed by atoms with van der Waals surface area (Å²) in [6.45, 7) is 21.6. The third-order valence-electron chi connectivity index (χ3n) is 8.33. The van der Waals surface area contributed by atoms with E-state index in [0.717, 1.165) is 19.3 Å². The topological polar surface area (TPSA) is 40.5 Å². The average molecular weight is 569 g/mol. The second kappa shape index (κ2) is 16.1. The van der Waals surface area contributed by atoms with Gasteiger partial charge in [0, 0.05) is 5.92 Å². The van der Waals surface area contributed by atoms with Crippen LogP contribution in [0.4, 0.5) is 0 Å². The Hall–Kier alpha value is -2.94. The molecular formula is C40H56O2. The Kier molecular flexibility index (Phi) is 13.5. The molecule has 0 fully saturated rings. The van der Waals surface area contributed by atoms with Crippen LogP contribution in [-0.4, -0.2) is 22.4 Å². The summed E-state index contributed by atoms with van der Waals surface area (Å²) in [5.74, 6) is 0.348. The van der Waals surface area contributed by atoms with Gasteiger partial charge in [0.25, 0.3) is 0 Å². The molecule has 0 aromatic rings. The minimum Gasteiger partial charge on any atom is -0.393 e. The second-order valence-electron chi connectivity index (χ2n) is 13.7. The van der Waals surface area contributed by atoms with Crippen molar-refractivity contribution in [2.24, 2.45) is 16.7 Å². The Morgan fingerprint density at radius 3 is 1.74 bits per heavy atom. The van der Waals surface area contributed by atoms with E-state index in [1.54, 1.807) is 0 Å². The monoisotopic (exact) mass is 568 g/mol. The van der Waals surface area contributed by atoms with E-state index in [1.165, 1.54) is 39.0 Å². The fourth-order valence-corrected chi connectivity index (χ4v) is 6.14. The fourth-order valence-electron chi connectivity index (χ4n) is 6.14. The van der Waals surface area contributed by atoms with E-state index in [9.17, 15) is 10.2 Å². The van der Waals surface area contributed by atoms with Crippen LogP contribution in [0.5, 0.6) is 0 Å². The van der Waals surface area contributed by atoms with Gasteiger partial charge < -0.3 is 10.2 Å². The Bertz CT molecular complexity index is 1270. The molecule has 3 atom stereocenters. The van der Waals surface area contributed by atoms with Gasteiger partial charge in [-0.3, -0.25) is 0 Å². The number of aliphatic hydroxyl groups excluding tert-OH is 2. The average Bonchev–Trinajstić information content (AvgIpc) is 2.84. The van der Waals surface area contributed by atoms with E-state index in [-0.39, 0.29) is 23.0 Å². The summed E-state index contributed by atoms with van der Waals surface area (Å²) in [4.78, 5) is 0. The molecule has 0 aromatic carbocycles. The maximum Gasteiger partial charge on any atom is 0.0729 e. The van der Waals surface area contributed by atoms with E-state index in [1.807, 2.05) is 6.08 Å². The first-order valence-electron chi connectivity index (χ1n) is 15.4. The van der Waals surface area contributed by atoms with Gasteiger partial charge in [-0.25, -0.2) is 0 Å². The normalized spacial score (nSPS) is 26.6. The summed E-state index contributed by atoms with van der Waals surface area (Å²) in [5, 5.41) is 20.2. The Morgan fingerprint density at radius 2 is 1.21 bits per heavy atom. The van der Waals surface area contributed by atoms with Crippen LogP contribution in [0.1, 0.15) is 88.5 Å². The highest BCUT2D eigenvalue weighted by Gasteiger charge is 2.34. The van der Waals surface area contributed by atoms with Crippen molar-refractivity contribution >= 4 is 0 Å². The van der Waals surface area contributed by atoms with Gasteiger partial charge in [-0.1, -0.05) is 152 Å². The molecule has 2 rings (SSSR count). The lowest BCUT2D eigenvalue weighted by molar-refractivity contribution is 0.116. The van der Waals surface area contributed by atoms with Crippen molar-refractivity contribution in [1.29, 1.82) is 0 Å². The molecule has 42 heavy (non-hydrogen) atoms. The molecule has 2 aliphatic rings. The third-order valence-corrected chi connectivity index (χ3v) is 8.33. The predicted octanol–water partition coefficient (Wildman–Crippen LogP) is 10.4. The molecule has 0 bridgehead atoms. The zero-order chi connectivity index (χ0) is 31.5. The molecule has 0 unspecified atom stereocenters. The lowest BCUT2D eigenvalue weighted by Crippen LogP contribution is -2.32. The minimum absolute atomic E-state index is 0.00528. The van der Waals surface area contributed by atoms with Crippen molar-refractivity contribution in [3.8, 4) is 0 Å². The van der Waals surface area contributed by atoms with Gasteiger partial charge in [0.15, 0.2) is 0 Å². The summed E-state index contributed by atoms with van der Waals surface area (Å²) in [6, 6.07) is 0. The number of hydrogen-bond acceptors (Lipinski definition) is 2. The van der Waals surface area contributed by atoms with Crippen LogP contribution in [-0.2, 0) is 0 Å². The Balaban J connectivity index is 1.90. The van der Waals surface area contributed by atoms with Crippen LogP contribution in [0.3, 0.4) is 0 Å². The number of aliphatic hydroxyl groups is 2. The predicted molar refractivity (Wildman–Crippen MR) is 184 cm³/mol.